The van der Waals surface area contributed by atoms with Gasteiger partial charge in [-0.15, -0.1) is 11.3 Å². The number of aryl methyl sites for hydroxylation is 1. The first-order chi connectivity index (χ1) is 17.4. The van der Waals surface area contributed by atoms with E-state index in [1.807, 2.05) is 35.7 Å². The zero-order valence-electron chi connectivity index (χ0n) is 20.0. The van der Waals surface area contributed by atoms with Gasteiger partial charge in [0.2, 0.25) is 0 Å². The van der Waals surface area contributed by atoms with Crippen molar-refractivity contribution in [3.05, 3.63) is 59.5 Å². The topological polar surface area (TPSA) is 100 Å². The third kappa shape index (κ3) is 4.37. The number of nitrogens with zero attached hydrogens (tertiary/aromatic N) is 6. The Morgan fingerprint density at radius 1 is 1.08 bits per heavy atom. The highest BCUT2D eigenvalue weighted by Crippen LogP contribution is 2.34. The number of aromatic nitrogens is 3. The summed E-state index contributed by atoms with van der Waals surface area (Å²) >= 11 is 1.51. The summed E-state index contributed by atoms with van der Waals surface area (Å²) < 4.78 is 15.4. The minimum absolute atomic E-state index is 0.277. The van der Waals surface area contributed by atoms with Crippen LogP contribution in [0.25, 0.3) is 16.9 Å². The van der Waals surface area contributed by atoms with E-state index in [1.54, 1.807) is 12.1 Å². The minimum atomic E-state index is -0.923. The van der Waals surface area contributed by atoms with Gasteiger partial charge in [0.15, 0.2) is 5.13 Å². The van der Waals surface area contributed by atoms with E-state index in [0.29, 0.717) is 26.2 Å². The number of primary amides is 1. The van der Waals surface area contributed by atoms with Gasteiger partial charge in [-0.05, 0) is 42.8 Å². The molecule has 0 radical (unpaired) electrons. The average molecular weight is 508 g/mol. The van der Waals surface area contributed by atoms with Crippen molar-refractivity contribution < 1.29 is 14.0 Å². The Labute approximate surface area is 211 Å². The van der Waals surface area contributed by atoms with Crippen LogP contribution in [0, 0.1) is 5.82 Å². The van der Waals surface area contributed by atoms with E-state index in [9.17, 15) is 14.0 Å². The van der Waals surface area contributed by atoms with Crippen molar-refractivity contribution in [2.24, 2.45) is 5.73 Å². The first-order valence-electron chi connectivity index (χ1n) is 11.7. The van der Waals surface area contributed by atoms with Crippen molar-refractivity contribution in [3.8, 4) is 11.3 Å². The predicted molar refractivity (Wildman–Crippen MR) is 138 cm³/mol. The fraction of sp³-hybridized carbons (Fsp3) is 0.280. The van der Waals surface area contributed by atoms with Crippen molar-refractivity contribution in [1.82, 2.24) is 19.3 Å². The number of hydrogen-bond donors (Lipinski definition) is 1. The number of nitrogens with two attached hydrogens (primary N) is 1. The molecule has 0 atom stereocenters. The van der Waals surface area contributed by atoms with Crippen LogP contribution in [0.1, 0.15) is 12.6 Å². The lowest BCUT2D eigenvalue weighted by atomic mass is 10.2. The molecule has 0 saturated carbocycles. The number of anilines is 3. The van der Waals surface area contributed by atoms with Crippen LogP contribution >= 0.6 is 11.3 Å². The lowest BCUT2D eigenvalue weighted by Gasteiger charge is -2.35. The number of rotatable bonds is 5. The molecule has 9 nitrogen and oxygen atoms in total. The van der Waals surface area contributed by atoms with E-state index in [1.165, 1.54) is 28.4 Å². The average Bonchev–Trinajstić information content (AvgIpc) is 3.53. The molecule has 5 rings (SSSR count). The molecule has 1 aliphatic heterocycles. The number of thiazole rings is 1. The number of piperazine rings is 1. The van der Waals surface area contributed by atoms with Crippen LogP contribution < -0.4 is 15.5 Å². The Morgan fingerprint density at radius 3 is 2.47 bits per heavy atom. The van der Waals surface area contributed by atoms with Crippen LogP contribution in [0.15, 0.2) is 48.0 Å². The molecule has 0 unspecified atom stereocenters. The number of benzene rings is 1. The third-order valence-corrected chi connectivity index (χ3v) is 7.28. The van der Waals surface area contributed by atoms with Crippen LogP contribution in [0.4, 0.5) is 21.0 Å². The van der Waals surface area contributed by atoms with Gasteiger partial charge in [0, 0.05) is 50.4 Å². The molecule has 186 valence electrons. The summed E-state index contributed by atoms with van der Waals surface area (Å²) in [6.45, 7) is 4.13. The van der Waals surface area contributed by atoms with Gasteiger partial charge in [0.25, 0.3) is 0 Å². The van der Waals surface area contributed by atoms with Crippen molar-refractivity contribution >= 4 is 45.4 Å². The minimum Gasteiger partial charge on any atom is -0.367 e. The largest absolute Gasteiger partial charge is 0.367 e. The summed E-state index contributed by atoms with van der Waals surface area (Å²) in [4.78, 5) is 38.5. The van der Waals surface area contributed by atoms with E-state index < -0.39 is 11.8 Å². The summed E-state index contributed by atoms with van der Waals surface area (Å²) in [5, 5.41) is 2.77. The Hall–Kier alpha value is -3.99. The maximum absolute atomic E-state index is 13.3. The van der Waals surface area contributed by atoms with Gasteiger partial charge in [-0.25, -0.2) is 14.4 Å². The van der Waals surface area contributed by atoms with Gasteiger partial charge in [-0.1, -0.05) is 6.92 Å². The highest BCUT2D eigenvalue weighted by molar-refractivity contribution is 7.14. The first kappa shape index (κ1) is 23.7. The van der Waals surface area contributed by atoms with Crippen LogP contribution in [0.5, 0.6) is 0 Å². The fourth-order valence-corrected chi connectivity index (χ4v) is 5.24. The van der Waals surface area contributed by atoms with E-state index >= 15 is 0 Å². The van der Waals surface area contributed by atoms with Gasteiger partial charge in [-0.3, -0.25) is 14.0 Å². The molecule has 4 heterocycles. The molecule has 1 aliphatic rings. The van der Waals surface area contributed by atoms with E-state index in [4.69, 9.17) is 15.7 Å². The molecule has 36 heavy (non-hydrogen) atoms. The number of carbonyl (C=O) groups is 2. The second kappa shape index (κ2) is 9.57. The van der Waals surface area contributed by atoms with Crippen LogP contribution in [0.3, 0.4) is 0 Å². The van der Waals surface area contributed by atoms with Crippen molar-refractivity contribution in [3.63, 3.8) is 0 Å². The lowest BCUT2D eigenvalue weighted by molar-refractivity contribution is -0.144. The lowest BCUT2D eigenvalue weighted by Crippen LogP contribution is -2.52. The molecule has 1 fully saturated rings. The number of pyridine rings is 1. The van der Waals surface area contributed by atoms with E-state index in [-0.39, 0.29) is 5.82 Å². The highest BCUT2D eigenvalue weighted by atomic mass is 32.1. The summed E-state index contributed by atoms with van der Waals surface area (Å²) in [7, 11) is 1.97. The standard InChI is InChI=1S/C25H26FN7O2S/c1-3-19-23(30(2)25-29-20(15-36-25)16-4-6-17(26)7-5-16)33-14-18(8-9-21(33)28-19)31-10-12-32(13-11-31)24(35)22(27)34/h4-9,14-15H,3,10-13H2,1-2H3,(H2,27,34). The Morgan fingerprint density at radius 2 is 1.81 bits per heavy atom. The van der Waals surface area contributed by atoms with Gasteiger partial charge >= 0.3 is 11.8 Å². The van der Waals surface area contributed by atoms with Gasteiger partial charge < -0.3 is 20.4 Å². The molecular weight excluding hydrogens is 481 g/mol. The number of hydrogen-bond acceptors (Lipinski definition) is 7. The summed E-state index contributed by atoms with van der Waals surface area (Å²) in [6, 6.07) is 10.3. The molecule has 2 amide bonds. The SMILES string of the molecule is CCc1nc2ccc(N3CCN(C(=O)C(N)=O)CC3)cn2c1N(C)c1nc(-c2ccc(F)cc2)cs1. The van der Waals surface area contributed by atoms with Crippen LogP contribution in [0.2, 0.25) is 0 Å². The van der Waals surface area contributed by atoms with E-state index in [0.717, 1.165) is 45.7 Å². The van der Waals surface area contributed by atoms with Gasteiger partial charge in [0.05, 0.1) is 17.1 Å². The molecule has 3 aromatic heterocycles. The van der Waals surface area contributed by atoms with Crippen molar-refractivity contribution in [2.45, 2.75) is 13.3 Å². The maximum atomic E-state index is 13.3. The zero-order chi connectivity index (χ0) is 25.4. The normalized spacial score (nSPS) is 13.9. The summed E-state index contributed by atoms with van der Waals surface area (Å²) in [6.07, 6.45) is 2.80. The fourth-order valence-electron chi connectivity index (χ4n) is 4.43. The molecule has 1 aromatic carbocycles. The highest BCUT2D eigenvalue weighted by Gasteiger charge is 2.25. The molecule has 0 aliphatic carbocycles. The maximum Gasteiger partial charge on any atom is 0.311 e. The number of halogens is 1. The van der Waals surface area contributed by atoms with Gasteiger partial charge in [-0.2, -0.15) is 0 Å². The number of fused-ring (bicyclic) bond motifs is 1. The molecule has 0 bridgehead atoms. The molecule has 11 heteroatoms. The molecule has 2 N–H and O–H groups in total. The van der Waals surface area contributed by atoms with E-state index in [2.05, 4.69) is 16.2 Å². The predicted octanol–water partition coefficient (Wildman–Crippen LogP) is 3.06. The first-order valence-corrected chi connectivity index (χ1v) is 12.5. The smallest absolute Gasteiger partial charge is 0.311 e. The van der Waals surface area contributed by atoms with Gasteiger partial charge in [0.1, 0.15) is 17.3 Å². The quantitative estimate of drug-likeness (QED) is 0.417. The monoisotopic (exact) mass is 507 g/mol. The second-order valence-electron chi connectivity index (χ2n) is 8.58. The van der Waals surface area contributed by atoms with Crippen LogP contribution in [-0.2, 0) is 16.0 Å². The molecular formula is C25H26FN7O2S. The second-order valence-corrected chi connectivity index (χ2v) is 9.41. The summed E-state index contributed by atoms with van der Waals surface area (Å²) in [5.74, 6) is -0.911. The Bertz CT molecular complexity index is 1420. The molecule has 0 spiro atoms. The zero-order valence-corrected chi connectivity index (χ0v) is 20.8. The molecule has 1 saturated heterocycles. The van der Waals surface area contributed by atoms with Crippen LogP contribution in [-0.4, -0.2) is 64.3 Å². The Balaban J connectivity index is 1.43. The number of carbonyl (C=O) groups excluding carboxylic acids is 2. The molecule has 4 aromatic rings. The Kier molecular flexibility index (Phi) is 6.31. The van der Waals surface area contributed by atoms with Crippen molar-refractivity contribution in [2.75, 3.05) is 43.0 Å². The number of imidazole rings is 1. The third-order valence-electron chi connectivity index (χ3n) is 6.36. The summed E-state index contributed by atoms with van der Waals surface area (Å²) in [5.41, 5.74) is 9.57. The number of amides is 2. The van der Waals surface area contributed by atoms with Crippen molar-refractivity contribution in [1.29, 1.82) is 0 Å².